The number of nitrogens with zero attached hydrogens (tertiary/aromatic N) is 1. The number of hydrogen-bond donors (Lipinski definition) is 3. The molecule has 0 aliphatic heterocycles. The van der Waals surface area contributed by atoms with E-state index in [1.54, 1.807) is 0 Å². The number of hydrogen-bond acceptors (Lipinski definition) is 5. The molecule has 0 fully saturated rings. The van der Waals surface area contributed by atoms with Crippen molar-refractivity contribution in [3.05, 3.63) is 0 Å². The summed E-state index contributed by atoms with van der Waals surface area (Å²) in [4.78, 5) is 32.6. The first-order valence-corrected chi connectivity index (χ1v) is 6.33. The topological polar surface area (TPSA) is 157 Å². The predicted molar refractivity (Wildman–Crippen MR) is 48.8 cm³/mol. The van der Waals surface area contributed by atoms with Crippen LogP contribution in [0.2, 0.25) is 0 Å². The number of quaternary nitrogens is 1. The average molecular weight is 291 g/mol. The van der Waals surface area contributed by atoms with E-state index in [4.69, 9.17) is 14.7 Å². The second-order valence-corrected chi connectivity index (χ2v) is 6.30. The van der Waals surface area contributed by atoms with Crippen LogP contribution in [-0.4, -0.2) is 52.8 Å². The first-order valence-electron chi connectivity index (χ1n) is 3.30. The average Bonchev–Trinajstić information content (AvgIpc) is 1.42. The third-order valence-electron chi connectivity index (χ3n) is 0.210. The molecular weight excluding hydrogens is 275 g/mol. The largest absolute Gasteiger partial charge is 1.00 e. The van der Waals surface area contributed by atoms with E-state index >= 15 is 0 Å². The van der Waals surface area contributed by atoms with Crippen molar-refractivity contribution in [2.75, 3.05) is 28.2 Å². The zero-order valence-electron chi connectivity index (χ0n) is 9.76. The molecule has 0 aromatic carbocycles. The molecule has 0 spiro atoms. The van der Waals surface area contributed by atoms with Crippen LogP contribution >= 0.6 is 15.6 Å². The summed E-state index contributed by atoms with van der Waals surface area (Å²) < 4.78 is 22.9. The normalized spacial score (nSPS) is 14.5. The zero-order valence-corrected chi connectivity index (χ0v) is 13.6. The Hall–Kier alpha value is 1.18. The molecule has 0 amide bonds. The van der Waals surface area contributed by atoms with E-state index in [0.29, 0.717) is 0 Å². The maximum atomic E-state index is 9.59. The molecule has 0 rings (SSSR count). The van der Waals surface area contributed by atoms with Gasteiger partial charge in [-0.2, -0.15) is 0 Å². The van der Waals surface area contributed by atoms with E-state index in [0.717, 1.165) is 4.48 Å². The van der Waals surface area contributed by atoms with Gasteiger partial charge in [0.1, 0.15) is 0 Å². The van der Waals surface area contributed by atoms with Crippen LogP contribution in [-0.2, 0) is 13.4 Å². The van der Waals surface area contributed by atoms with Gasteiger partial charge in [0.15, 0.2) is 0 Å². The van der Waals surface area contributed by atoms with Crippen LogP contribution < -0.4 is 34.5 Å². The van der Waals surface area contributed by atoms with E-state index < -0.39 is 15.6 Å². The van der Waals surface area contributed by atoms with Gasteiger partial charge < -0.3 is 29.5 Å². The minimum Gasteiger partial charge on any atom is -0.870 e. The number of rotatable bonds is 2. The van der Waals surface area contributed by atoms with E-state index in [1.807, 2.05) is 0 Å². The molecule has 0 saturated heterocycles. The monoisotopic (exact) mass is 291 g/mol. The molecule has 9 nitrogen and oxygen atoms in total. The Kier molecular flexibility index (Phi) is 14.8. The SMILES string of the molecule is C[N+](C)(C)C.O=P([O-])(O)OP(=O)(O)O.[Na+].[OH-]. The molecular formula is C4H16NNaO8P2. The minimum atomic E-state index is -5.30. The molecule has 0 heterocycles. The minimum absolute atomic E-state index is 0. The van der Waals surface area contributed by atoms with E-state index in [9.17, 15) is 14.0 Å². The van der Waals surface area contributed by atoms with Crippen LogP contribution in [0, 0.1) is 0 Å². The molecule has 0 aromatic rings. The van der Waals surface area contributed by atoms with Crippen molar-refractivity contribution in [2.45, 2.75) is 0 Å². The zero-order chi connectivity index (χ0) is 12.2. The summed E-state index contributed by atoms with van der Waals surface area (Å²) in [6.07, 6.45) is 0. The Balaban J connectivity index is -0.0000000904. The second kappa shape index (κ2) is 9.16. The second-order valence-electron chi connectivity index (χ2n) is 3.72. The van der Waals surface area contributed by atoms with E-state index in [-0.39, 0.29) is 35.0 Å². The first kappa shape index (κ1) is 25.9. The Morgan fingerprint density at radius 2 is 1.25 bits per heavy atom. The van der Waals surface area contributed by atoms with Crippen molar-refractivity contribution in [3.8, 4) is 0 Å². The molecule has 1 atom stereocenters. The predicted octanol–water partition coefficient (Wildman–Crippen LogP) is -4.29. The van der Waals surface area contributed by atoms with Gasteiger partial charge in [-0.1, -0.05) is 0 Å². The van der Waals surface area contributed by atoms with Crippen LogP contribution in [0.3, 0.4) is 0 Å². The summed E-state index contributed by atoms with van der Waals surface area (Å²) in [6.45, 7) is 0. The standard InChI is InChI=1S/C4H12N.Na.H4O7P2.H2O/c1-5(2,3)4;;1-8(2,3)7-9(4,5)6;/h1-4H3;;(H2,1,2,3)(H2,4,5,6);1H2/q2*+1;;/p-2. The van der Waals surface area contributed by atoms with Gasteiger partial charge in [0, 0.05) is 0 Å². The van der Waals surface area contributed by atoms with Crippen molar-refractivity contribution >= 4 is 15.6 Å². The smallest absolute Gasteiger partial charge is 0.870 e. The Morgan fingerprint density at radius 1 is 1.06 bits per heavy atom. The van der Waals surface area contributed by atoms with Gasteiger partial charge in [0.2, 0.25) is 0 Å². The molecule has 16 heavy (non-hydrogen) atoms. The van der Waals surface area contributed by atoms with Crippen LogP contribution in [0.4, 0.5) is 0 Å². The summed E-state index contributed by atoms with van der Waals surface area (Å²) in [6, 6.07) is 0. The maximum absolute atomic E-state index is 9.59. The van der Waals surface area contributed by atoms with Gasteiger partial charge in [-0.3, -0.25) is 4.57 Å². The number of phosphoric acid groups is 2. The van der Waals surface area contributed by atoms with E-state index in [2.05, 4.69) is 32.5 Å². The third-order valence-corrected chi connectivity index (χ3v) is 1.89. The van der Waals surface area contributed by atoms with Crippen LogP contribution in [0.25, 0.3) is 0 Å². The van der Waals surface area contributed by atoms with Gasteiger partial charge in [0.25, 0.3) is 7.82 Å². The fourth-order valence-corrected chi connectivity index (χ4v) is 1.21. The fraction of sp³-hybridized carbons (Fsp3) is 1.00. The molecule has 1 unspecified atom stereocenters. The van der Waals surface area contributed by atoms with Gasteiger partial charge in [-0.15, -0.1) is 0 Å². The molecule has 0 bridgehead atoms. The third kappa shape index (κ3) is 59.2. The first-order chi connectivity index (χ1) is 5.71. The quantitative estimate of drug-likeness (QED) is 0.262. The van der Waals surface area contributed by atoms with Gasteiger partial charge in [-0.25, -0.2) is 8.88 Å². The summed E-state index contributed by atoms with van der Waals surface area (Å²) in [5, 5.41) is 0. The summed E-state index contributed by atoms with van der Waals surface area (Å²) in [7, 11) is -1.91. The molecule has 0 aliphatic carbocycles. The molecule has 0 saturated carbocycles. The van der Waals surface area contributed by atoms with Crippen molar-refractivity contribution in [3.63, 3.8) is 0 Å². The Morgan fingerprint density at radius 3 is 1.25 bits per heavy atom. The molecule has 0 radical (unpaired) electrons. The Labute approximate surface area is 116 Å². The van der Waals surface area contributed by atoms with Crippen LogP contribution in [0.15, 0.2) is 0 Å². The summed E-state index contributed by atoms with van der Waals surface area (Å²) in [5.74, 6) is 0. The Bertz CT molecular complexity index is 227. The van der Waals surface area contributed by atoms with Gasteiger partial charge >= 0.3 is 37.4 Å². The molecule has 0 aliphatic rings. The van der Waals surface area contributed by atoms with Crippen molar-refractivity contribution < 1.29 is 72.5 Å². The van der Waals surface area contributed by atoms with Gasteiger partial charge in [0.05, 0.1) is 28.2 Å². The summed E-state index contributed by atoms with van der Waals surface area (Å²) >= 11 is 0. The van der Waals surface area contributed by atoms with Gasteiger partial charge in [-0.05, 0) is 0 Å². The van der Waals surface area contributed by atoms with Crippen molar-refractivity contribution in [1.29, 1.82) is 0 Å². The van der Waals surface area contributed by atoms with Crippen molar-refractivity contribution in [1.82, 2.24) is 0 Å². The summed E-state index contributed by atoms with van der Waals surface area (Å²) in [5.41, 5.74) is 0. The molecule has 0 aromatic heterocycles. The van der Waals surface area contributed by atoms with Crippen molar-refractivity contribution in [2.24, 2.45) is 0 Å². The maximum Gasteiger partial charge on any atom is 1.00 e. The van der Waals surface area contributed by atoms with Crippen LogP contribution in [0.5, 0.6) is 0 Å². The fourth-order valence-electron chi connectivity index (χ4n) is 0.134. The molecule has 96 valence electrons. The molecule has 12 heteroatoms. The van der Waals surface area contributed by atoms with E-state index in [1.165, 1.54) is 0 Å². The molecule has 4 N–H and O–H groups in total. The van der Waals surface area contributed by atoms with Crippen LogP contribution in [0.1, 0.15) is 0 Å².